The highest BCUT2D eigenvalue weighted by Crippen LogP contribution is 2.30. The van der Waals surface area contributed by atoms with Crippen LogP contribution in [-0.2, 0) is 0 Å². The van der Waals surface area contributed by atoms with E-state index in [0.29, 0.717) is 21.4 Å². The number of hydrogen-bond acceptors (Lipinski definition) is 5. The number of nitrogens with one attached hydrogen (secondary N) is 1. The molecule has 6 heteroatoms. The van der Waals surface area contributed by atoms with E-state index in [1.54, 1.807) is 12.1 Å². The van der Waals surface area contributed by atoms with E-state index in [2.05, 4.69) is 10.3 Å². The van der Waals surface area contributed by atoms with Crippen LogP contribution in [0.25, 0.3) is 11.3 Å². The van der Waals surface area contributed by atoms with Crippen LogP contribution in [0, 0.1) is 0 Å². The number of aromatic hydroxyl groups is 1. The van der Waals surface area contributed by atoms with Crippen molar-refractivity contribution in [2.75, 3.05) is 11.1 Å². The van der Waals surface area contributed by atoms with Crippen LogP contribution in [-0.4, -0.2) is 16.0 Å². The highest BCUT2D eigenvalue weighted by Gasteiger charge is 2.18. The quantitative estimate of drug-likeness (QED) is 0.647. The average molecular weight is 311 g/mol. The molecule has 3 rings (SSSR count). The van der Waals surface area contributed by atoms with Gasteiger partial charge in [0.15, 0.2) is 5.13 Å². The molecule has 22 heavy (non-hydrogen) atoms. The van der Waals surface area contributed by atoms with Crippen molar-refractivity contribution in [1.82, 2.24) is 4.98 Å². The highest BCUT2D eigenvalue weighted by atomic mass is 32.1. The number of phenolic OH excluding ortho intramolecular Hbond substituents is 1. The molecule has 1 aromatic heterocycles. The Morgan fingerprint density at radius 3 is 2.45 bits per heavy atom. The van der Waals surface area contributed by atoms with Crippen molar-refractivity contribution in [1.29, 1.82) is 0 Å². The second kappa shape index (κ2) is 5.87. The third kappa shape index (κ3) is 2.91. The summed E-state index contributed by atoms with van der Waals surface area (Å²) in [7, 11) is 0. The molecule has 0 atom stereocenters. The van der Waals surface area contributed by atoms with Gasteiger partial charge in [-0.3, -0.25) is 4.79 Å². The maximum atomic E-state index is 12.4. The van der Waals surface area contributed by atoms with Gasteiger partial charge in [0, 0.05) is 11.3 Å². The number of phenols is 1. The number of nitrogen functional groups attached to an aromatic ring is 1. The van der Waals surface area contributed by atoms with Gasteiger partial charge in [0.05, 0.1) is 5.69 Å². The van der Waals surface area contributed by atoms with Crippen LogP contribution in [0.2, 0.25) is 0 Å². The summed E-state index contributed by atoms with van der Waals surface area (Å²) in [5.74, 6) is -0.135. The molecule has 0 aliphatic carbocycles. The van der Waals surface area contributed by atoms with Gasteiger partial charge in [0.2, 0.25) is 0 Å². The fourth-order valence-corrected chi connectivity index (χ4v) is 2.76. The van der Waals surface area contributed by atoms with Crippen LogP contribution in [0.4, 0.5) is 10.8 Å². The van der Waals surface area contributed by atoms with Crippen molar-refractivity contribution < 1.29 is 9.90 Å². The van der Waals surface area contributed by atoms with Crippen molar-refractivity contribution in [2.45, 2.75) is 0 Å². The van der Waals surface area contributed by atoms with E-state index in [1.165, 1.54) is 12.1 Å². The van der Waals surface area contributed by atoms with E-state index >= 15 is 0 Å². The molecule has 0 unspecified atom stereocenters. The SMILES string of the molecule is Nc1nc(-c2ccccc2)c(C(=O)Nc2ccc(O)cc2)s1. The van der Waals surface area contributed by atoms with Gasteiger partial charge in [-0.2, -0.15) is 0 Å². The topological polar surface area (TPSA) is 88.2 Å². The van der Waals surface area contributed by atoms with Crippen LogP contribution in [0.15, 0.2) is 54.6 Å². The van der Waals surface area contributed by atoms with Gasteiger partial charge in [0.1, 0.15) is 10.6 Å². The molecule has 3 aromatic rings. The molecular weight excluding hydrogens is 298 g/mol. The van der Waals surface area contributed by atoms with Crippen molar-refractivity contribution >= 4 is 28.1 Å². The number of nitrogens with two attached hydrogens (primary N) is 1. The van der Waals surface area contributed by atoms with Gasteiger partial charge < -0.3 is 16.2 Å². The Labute approximate surface area is 131 Å². The standard InChI is InChI=1S/C16H13N3O2S/c17-16-19-13(10-4-2-1-3-5-10)14(22-16)15(21)18-11-6-8-12(20)9-7-11/h1-9,20H,(H2,17,19)(H,18,21). The zero-order chi connectivity index (χ0) is 15.5. The number of carbonyl (C=O) groups is 1. The number of benzene rings is 2. The predicted octanol–water partition coefficient (Wildman–Crippen LogP) is 3.35. The summed E-state index contributed by atoms with van der Waals surface area (Å²) in [5, 5.41) is 12.4. The van der Waals surface area contributed by atoms with Gasteiger partial charge in [-0.05, 0) is 24.3 Å². The second-order valence-electron chi connectivity index (χ2n) is 4.60. The van der Waals surface area contributed by atoms with E-state index in [9.17, 15) is 9.90 Å². The summed E-state index contributed by atoms with van der Waals surface area (Å²) in [5.41, 5.74) is 7.76. The number of thiazole rings is 1. The van der Waals surface area contributed by atoms with Crippen LogP contribution >= 0.6 is 11.3 Å². The molecule has 5 nitrogen and oxygen atoms in total. The van der Waals surface area contributed by atoms with Crippen LogP contribution in [0.1, 0.15) is 9.67 Å². The largest absolute Gasteiger partial charge is 0.508 e. The number of anilines is 2. The average Bonchev–Trinajstić information content (AvgIpc) is 2.92. The summed E-state index contributed by atoms with van der Waals surface area (Å²) >= 11 is 1.14. The van der Waals surface area contributed by atoms with Crippen LogP contribution in [0.5, 0.6) is 5.75 Å². The number of hydrogen-bond donors (Lipinski definition) is 3. The van der Waals surface area contributed by atoms with E-state index in [4.69, 9.17) is 5.73 Å². The summed E-state index contributed by atoms with van der Waals surface area (Å²) in [6.45, 7) is 0. The minimum atomic E-state index is -0.279. The fraction of sp³-hybridized carbons (Fsp3) is 0. The van der Waals surface area contributed by atoms with Crippen molar-refractivity contribution in [3.05, 3.63) is 59.5 Å². The van der Waals surface area contributed by atoms with Gasteiger partial charge in [-0.25, -0.2) is 4.98 Å². The minimum absolute atomic E-state index is 0.144. The molecular formula is C16H13N3O2S. The predicted molar refractivity (Wildman–Crippen MR) is 88.0 cm³/mol. The zero-order valence-electron chi connectivity index (χ0n) is 11.5. The molecule has 0 radical (unpaired) electrons. The molecule has 0 saturated heterocycles. The normalized spacial score (nSPS) is 10.4. The van der Waals surface area contributed by atoms with E-state index in [0.717, 1.165) is 16.9 Å². The minimum Gasteiger partial charge on any atom is -0.508 e. The van der Waals surface area contributed by atoms with Gasteiger partial charge >= 0.3 is 0 Å². The maximum absolute atomic E-state index is 12.4. The number of aromatic nitrogens is 1. The van der Waals surface area contributed by atoms with Crippen molar-refractivity contribution in [2.24, 2.45) is 0 Å². The Hall–Kier alpha value is -2.86. The number of rotatable bonds is 3. The van der Waals surface area contributed by atoms with Gasteiger partial charge in [-0.1, -0.05) is 41.7 Å². The molecule has 0 bridgehead atoms. The Balaban J connectivity index is 1.91. The Bertz CT molecular complexity index is 798. The number of amides is 1. The summed E-state index contributed by atoms with van der Waals surface area (Å²) in [6.07, 6.45) is 0. The van der Waals surface area contributed by atoms with E-state index in [1.807, 2.05) is 30.3 Å². The van der Waals surface area contributed by atoms with E-state index in [-0.39, 0.29) is 11.7 Å². The third-order valence-electron chi connectivity index (χ3n) is 3.02. The first-order chi connectivity index (χ1) is 10.6. The van der Waals surface area contributed by atoms with Gasteiger partial charge in [-0.15, -0.1) is 0 Å². The molecule has 1 amide bonds. The lowest BCUT2D eigenvalue weighted by Gasteiger charge is -2.05. The summed E-state index contributed by atoms with van der Waals surface area (Å²) < 4.78 is 0. The Morgan fingerprint density at radius 1 is 1.09 bits per heavy atom. The molecule has 4 N–H and O–H groups in total. The molecule has 110 valence electrons. The molecule has 2 aromatic carbocycles. The first-order valence-corrected chi connectivity index (χ1v) is 7.37. The second-order valence-corrected chi connectivity index (χ2v) is 5.63. The lowest BCUT2D eigenvalue weighted by Crippen LogP contribution is -2.11. The smallest absolute Gasteiger partial charge is 0.268 e. The summed E-state index contributed by atoms with van der Waals surface area (Å²) in [4.78, 5) is 17.2. The Morgan fingerprint density at radius 2 is 1.77 bits per heavy atom. The molecule has 0 fully saturated rings. The highest BCUT2D eigenvalue weighted by molar-refractivity contribution is 7.17. The zero-order valence-corrected chi connectivity index (χ0v) is 12.3. The van der Waals surface area contributed by atoms with Crippen LogP contribution < -0.4 is 11.1 Å². The number of nitrogens with zero attached hydrogens (tertiary/aromatic N) is 1. The molecule has 0 spiro atoms. The maximum Gasteiger partial charge on any atom is 0.268 e. The first kappa shape index (κ1) is 14.1. The van der Waals surface area contributed by atoms with E-state index < -0.39 is 0 Å². The molecule has 0 saturated carbocycles. The monoisotopic (exact) mass is 311 g/mol. The molecule has 0 aliphatic heterocycles. The first-order valence-electron chi connectivity index (χ1n) is 6.55. The van der Waals surface area contributed by atoms with Crippen LogP contribution in [0.3, 0.4) is 0 Å². The van der Waals surface area contributed by atoms with Crippen molar-refractivity contribution in [3.8, 4) is 17.0 Å². The lowest BCUT2D eigenvalue weighted by atomic mass is 10.1. The number of carbonyl (C=O) groups excluding carboxylic acids is 1. The Kier molecular flexibility index (Phi) is 3.76. The molecule has 1 heterocycles. The fourth-order valence-electron chi connectivity index (χ4n) is 2.01. The summed E-state index contributed by atoms with van der Waals surface area (Å²) in [6, 6.07) is 15.7. The molecule has 0 aliphatic rings. The van der Waals surface area contributed by atoms with Gasteiger partial charge in [0.25, 0.3) is 5.91 Å². The lowest BCUT2D eigenvalue weighted by molar-refractivity contribution is 0.103. The third-order valence-corrected chi connectivity index (χ3v) is 3.91. The van der Waals surface area contributed by atoms with Crippen molar-refractivity contribution in [3.63, 3.8) is 0 Å².